The number of nitrogens with zero attached hydrogens (tertiary/aromatic N) is 1. The van der Waals surface area contributed by atoms with E-state index in [1.165, 1.54) is 0 Å². The summed E-state index contributed by atoms with van der Waals surface area (Å²) < 4.78 is 0. The Morgan fingerprint density at radius 1 is 1.23 bits per heavy atom. The highest BCUT2D eigenvalue weighted by atomic mass is 16.4. The Hall–Kier alpha value is -2.58. The van der Waals surface area contributed by atoms with Gasteiger partial charge in [0.05, 0.1) is 12.1 Å². The van der Waals surface area contributed by atoms with Crippen molar-refractivity contribution in [1.82, 2.24) is 4.90 Å². The largest absolute Gasteiger partial charge is 0.481 e. The lowest BCUT2D eigenvalue weighted by Crippen LogP contribution is -2.33. The number of aliphatic carboxylic acids is 1. The molecule has 3 atom stereocenters. The number of unbranched alkanes of at least 4 members (excludes halogenated alkanes) is 3. The molecule has 30 heavy (non-hydrogen) atoms. The van der Waals surface area contributed by atoms with Gasteiger partial charge in [0.25, 0.3) is 0 Å². The zero-order valence-corrected chi connectivity index (χ0v) is 17.8. The van der Waals surface area contributed by atoms with Gasteiger partial charge in [-0.25, -0.2) is 0 Å². The van der Waals surface area contributed by atoms with Crippen molar-refractivity contribution >= 4 is 11.9 Å². The van der Waals surface area contributed by atoms with Gasteiger partial charge in [0, 0.05) is 31.4 Å². The van der Waals surface area contributed by atoms with E-state index >= 15 is 0 Å². The minimum atomic E-state index is -0.756. The van der Waals surface area contributed by atoms with Gasteiger partial charge in [0.2, 0.25) is 5.91 Å². The lowest BCUT2D eigenvalue weighted by molar-refractivity contribution is -0.137. The molecule has 5 nitrogen and oxygen atoms in total. The van der Waals surface area contributed by atoms with Crippen molar-refractivity contribution in [2.75, 3.05) is 6.54 Å². The van der Waals surface area contributed by atoms with Crippen molar-refractivity contribution in [3.05, 3.63) is 48.0 Å². The summed E-state index contributed by atoms with van der Waals surface area (Å²) >= 11 is 0. The van der Waals surface area contributed by atoms with Gasteiger partial charge in [0.15, 0.2) is 0 Å². The SMILES string of the molecule is CC(CC#Cc1ccccc1)C(O)/C=C/C1CCC(=O)N1CCCCCCC(=O)O. The number of aliphatic hydroxyl groups is 1. The van der Waals surface area contributed by atoms with Gasteiger partial charge in [-0.3, -0.25) is 9.59 Å². The number of carboxylic acids is 1. The topological polar surface area (TPSA) is 77.8 Å². The van der Waals surface area contributed by atoms with E-state index in [0.29, 0.717) is 25.8 Å². The van der Waals surface area contributed by atoms with Gasteiger partial charge >= 0.3 is 5.97 Å². The minimum Gasteiger partial charge on any atom is -0.481 e. The van der Waals surface area contributed by atoms with Gasteiger partial charge in [-0.1, -0.05) is 62.0 Å². The fourth-order valence-electron chi connectivity index (χ4n) is 3.55. The lowest BCUT2D eigenvalue weighted by Gasteiger charge is -2.23. The second-order valence-corrected chi connectivity index (χ2v) is 7.98. The predicted octanol–water partition coefficient (Wildman–Crippen LogP) is 4.01. The summed E-state index contributed by atoms with van der Waals surface area (Å²) in [5.74, 6) is 5.66. The van der Waals surface area contributed by atoms with Gasteiger partial charge in [0.1, 0.15) is 0 Å². The van der Waals surface area contributed by atoms with E-state index in [0.717, 1.165) is 31.2 Å². The lowest BCUT2D eigenvalue weighted by atomic mass is 9.99. The first-order valence-electron chi connectivity index (χ1n) is 10.9. The van der Waals surface area contributed by atoms with Crippen molar-refractivity contribution in [3.63, 3.8) is 0 Å². The molecule has 2 rings (SSSR count). The van der Waals surface area contributed by atoms with Crippen LogP contribution in [0.15, 0.2) is 42.5 Å². The van der Waals surface area contributed by atoms with E-state index in [4.69, 9.17) is 5.11 Å². The van der Waals surface area contributed by atoms with E-state index in [2.05, 4.69) is 11.8 Å². The summed E-state index contributed by atoms with van der Waals surface area (Å²) in [5.41, 5.74) is 0.970. The maximum absolute atomic E-state index is 12.2. The van der Waals surface area contributed by atoms with Gasteiger partial charge in [-0.05, 0) is 37.3 Å². The number of likely N-dealkylation sites (tertiary alicyclic amines) is 1. The third-order valence-electron chi connectivity index (χ3n) is 5.46. The molecule has 1 amide bonds. The van der Waals surface area contributed by atoms with Gasteiger partial charge in [-0.2, -0.15) is 0 Å². The molecule has 1 heterocycles. The quantitative estimate of drug-likeness (QED) is 0.328. The van der Waals surface area contributed by atoms with Crippen LogP contribution in [0.25, 0.3) is 0 Å². The Morgan fingerprint density at radius 3 is 2.70 bits per heavy atom. The fraction of sp³-hybridized carbons (Fsp3) is 0.520. The third-order valence-corrected chi connectivity index (χ3v) is 5.46. The summed E-state index contributed by atoms with van der Waals surface area (Å²) in [6, 6.07) is 9.83. The van der Waals surface area contributed by atoms with Gasteiger partial charge in [-0.15, -0.1) is 0 Å². The number of carboxylic acid groups (broad SMARTS) is 1. The van der Waals surface area contributed by atoms with Crippen LogP contribution in [0.1, 0.15) is 63.9 Å². The molecular formula is C25H33NO4. The minimum absolute atomic E-state index is 0.0113. The molecular weight excluding hydrogens is 378 g/mol. The van der Waals surface area contributed by atoms with Crippen LogP contribution in [-0.4, -0.2) is 45.7 Å². The molecule has 0 spiro atoms. The summed E-state index contributed by atoms with van der Waals surface area (Å²) in [7, 11) is 0. The Balaban J connectivity index is 1.76. The zero-order valence-electron chi connectivity index (χ0n) is 17.8. The molecule has 0 aromatic heterocycles. The molecule has 0 aliphatic carbocycles. The highest BCUT2D eigenvalue weighted by molar-refractivity contribution is 5.79. The van der Waals surface area contributed by atoms with Crippen molar-refractivity contribution in [1.29, 1.82) is 0 Å². The van der Waals surface area contributed by atoms with Crippen LogP contribution in [0.4, 0.5) is 0 Å². The number of hydrogen-bond donors (Lipinski definition) is 2. The Morgan fingerprint density at radius 2 is 1.97 bits per heavy atom. The van der Waals surface area contributed by atoms with Gasteiger partial charge < -0.3 is 15.1 Å². The molecule has 1 saturated heterocycles. The normalized spacial score (nSPS) is 18.3. The molecule has 1 aromatic rings. The molecule has 2 N–H and O–H groups in total. The molecule has 3 unspecified atom stereocenters. The summed E-state index contributed by atoms with van der Waals surface area (Å²) in [6.07, 6.45) is 8.66. The van der Waals surface area contributed by atoms with Crippen molar-refractivity contribution in [2.45, 2.75) is 70.4 Å². The number of amides is 1. The molecule has 1 fully saturated rings. The number of aliphatic hydroxyl groups excluding tert-OH is 1. The van der Waals surface area contributed by atoms with Crippen LogP contribution in [0.5, 0.6) is 0 Å². The average Bonchev–Trinajstić information content (AvgIpc) is 3.08. The van der Waals surface area contributed by atoms with Crippen molar-refractivity contribution in [2.24, 2.45) is 5.92 Å². The molecule has 0 saturated carbocycles. The monoisotopic (exact) mass is 411 g/mol. The molecule has 0 radical (unpaired) electrons. The molecule has 5 heteroatoms. The van der Waals surface area contributed by atoms with Crippen LogP contribution in [0.2, 0.25) is 0 Å². The molecule has 1 aliphatic rings. The number of carbonyl (C=O) groups is 2. The predicted molar refractivity (Wildman–Crippen MR) is 118 cm³/mol. The smallest absolute Gasteiger partial charge is 0.303 e. The van der Waals surface area contributed by atoms with E-state index in [1.54, 1.807) is 6.08 Å². The molecule has 0 bridgehead atoms. The number of carbonyl (C=O) groups excluding carboxylic acids is 1. The van der Waals surface area contributed by atoms with E-state index in [1.807, 2.05) is 48.2 Å². The van der Waals surface area contributed by atoms with Crippen LogP contribution in [0.3, 0.4) is 0 Å². The average molecular weight is 412 g/mol. The molecule has 1 aromatic carbocycles. The van der Waals surface area contributed by atoms with E-state index in [9.17, 15) is 14.7 Å². The van der Waals surface area contributed by atoms with Crippen LogP contribution in [0, 0.1) is 17.8 Å². The highest BCUT2D eigenvalue weighted by Gasteiger charge is 2.28. The van der Waals surface area contributed by atoms with E-state index < -0.39 is 12.1 Å². The zero-order chi connectivity index (χ0) is 21.8. The first-order valence-corrected chi connectivity index (χ1v) is 10.9. The standard InChI is InChI=1S/C25H33NO4/c1-20(10-9-13-21-11-5-4-6-12-21)23(27)17-15-22-16-18-24(28)26(22)19-8-3-2-7-14-25(29)30/h4-6,11-12,15,17,20,22-23,27H,2-3,7-8,10,14,16,18-19H2,1H3,(H,29,30)/b17-15+. The first kappa shape index (κ1) is 23.7. The Labute approximate surface area is 179 Å². The third kappa shape index (κ3) is 8.42. The first-order chi connectivity index (χ1) is 14.5. The van der Waals surface area contributed by atoms with Crippen LogP contribution >= 0.6 is 0 Å². The van der Waals surface area contributed by atoms with E-state index in [-0.39, 0.29) is 24.3 Å². The maximum atomic E-state index is 12.2. The summed E-state index contributed by atoms with van der Waals surface area (Å²) in [6.45, 7) is 2.67. The number of hydrogen-bond acceptors (Lipinski definition) is 3. The second-order valence-electron chi connectivity index (χ2n) is 7.98. The second kappa shape index (κ2) is 12.9. The Kier molecular flexibility index (Phi) is 10.2. The van der Waals surface area contributed by atoms with Crippen LogP contribution in [-0.2, 0) is 9.59 Å². The van der Waals surface area contributed by atoms with Crippen LogP contribution < -0.4 is 0 Å². The summed E-state index contributed by atoms with van der Waals surface area (Å²) in [5, 5.41) is 19.1. The Bertz CT molecular complexity index is 762. The van der Waals surface area contributed by atoms with Crippen molar-refractivity contribution < 1.29 is 19.8 Å². The molecule has 162 valence electrons. The van der Waals surface area contributed by atoms with Crippen molar-refractivity contribution in [3.8, 4) is 11.8 Å². The number of rotatable bonds is 11. The maximum Gasteiger partial charge on any atom is 0.303 e. The fourth-order valence-corrected chi connectivity index (χ4v) is 3.55. The summed E-state index contributed by atoms with van der Waals surface area (Å²) in [4.78, 5) is 24.6. The molecule has 1 aliphatic heterocycles. The highest BCUT2D eigenvalue weighted by Crippen LogP contribution is 2.22. The number of benzene rings is 1.